The molecule has 0 aliphatic carbocycles. The van der Waals surface area contributed by atoms with Gasteiger partial charge in [-0.05, 0) is 50.3 Å². The fourth-order valence-electron chi connectivity index (χ4n) is 0.924. The number of hydrogen-bond donors (Lipinski definition) is 0. The Morgan fingerprint density at radius 1 is 1.31 bits per heavy atom. The van der Waals surface area contributed by atoms with Crippen LogP contribution in [0.4, 0.5) is 5.69 Å². The second-order valence-electron chi connectivity index (χ2n) is 2.86. The summed E-state index contributed by atoms with van der Waals surface area (Å²) in [6.45, 7) is 3.98. The maximum Gasteiger partial charge on any atom is 0.119 e. The van der Waals surface area contributed by atoms with E-state index in [2.05, 4.69) is 22.4 Å². The molecule has 13 heavy (non-hydrogen) atoms. The summed E-state index contributed by atoms with van der Waals surface area (Å²) in [5.41, 5.74) is 0.797. The van der Waals surface area contributed by atoms with Gasteiger partial charge in [0, 0.05) is 0 Å². The van der Waals surface area contributed by atoms with Gasteiger partial charge in [0.05, 0.1) is 17.0 Å². The third-order valence-electron chi connectivity index (χ3n) is 1.38. The van der Waals surface area contributed by atoms with Crippen molar-refractivity contribution in [2.24, 2.45) is 4.99 Å². The number of ether oxygens (including phenoxy) is 1. The number of rotatable bonds is 3. The first kappa shape index (κ1) is 9.90. The predicted octanol–water partition coefficient (Wildman–Crippen LogP) is 3.21. The summed E-state index contributed by atoms with van der Waals surface area (Å²) >= 11 is 4.49. The molecular weight excluding hydrogens is 182 g/mol. The summed E-state index contributed by atoms with van der Waals surface area (Å²) in [7, 11) is 0. The van der Waals surface area contributed by atoms with Gasteiger partial charge in [-0.25, -0.2) is 0 Å². The van der Waals surface area contributed by atoms with Gasteiger partial charge in [0.2, 0.25) is 0 Å². The van der Waals surface area contributed by atoms with Crippen LogP contribution in [0.25, 0.3) is 0 Å². The highest BCUT2D eigenvalue weighted by Gasteiger charge is 1.96. The smallest absolute Gasteiger partial charge is 0.119 e. The van der Waals surface area contributed by atoms with E-state index < -0.39 is 0 Å². The normalized spacial score (nSPS) is 9.46. The van der Waals surface area contributed by atoms with Crippen molar-refractivity contribution in [3.8, 4) is 5.75 Å². The minimum Gasteiger partial charge on any atom is -0.491 e. The molecule has 68 valence electrons. The minimum absolute atomic E-state index is 0.194. The molecule has 1 aromatic rings. The number of thiocarbonyl (C=S) groups is 1. The van der Waals surface area contributed by atoms with Gasteiger partial charge < -0.3 is 4.74 Å². The lowest BCUT2D eigenvalue weighted by Crippen LogP contribution is -2.04. The topological polar surface area (TPSA) is 21.6 Å². The number of hydrogen-bond acceptors (Lipinski definition) is 3. The van der Waals surface area contributed by atoms with Crippen LogP contribution in [0.5, 0.6) is 5.75 Å². The molecule has 3 heteroatoms. The first-order valence-electron chi connectivity index (χ1n) is 4.07. The molecule has 1 aromatic carbocycles. The SMILES string of the molecule is CC(C)Oc1ccc(N=C=S)cc1. The van der Waals surface area contributed by atoms with E-state index >= 15 is 0 Å². The Morgan fingerprint density at radius 3 is 2.38 bits per heavy atom. The molecule has 0 atom stereocenters. The lowest BCUT2D eigenvalue weighted by Gasteiger charge is -2.08. The summed E-state index contributed by atoms with van der Waals surface area (Å²) in [5, 5.41) is 2.31. The van der Waals surface area contributed by atoms with Gasteiger partial charge in [-0.1, -0.05) is 0 Å². The molecule has 0 aliphatic rings. The lowest BCUT2D eigenvalue weighted by atomic mass is 10.3. The Morgan fingerprint density at radius 2 is 1.92 bits per heavy atom. The van der Waals surface area contributed by atoms with Crippen LogP contribution in [0, 0.1) is 0 Å². The van der Waals surface area contributed by atoms with E-state index in [0.717, 1.165) is 11.4 Å². The molecule has 2 nitrogen and oxygen atoms in total. The van der Waals surface area contributed by atoms with Crippen LogP contribution in [-0.2, 0) is 0 Å². The molecule has 0 heterocycles. The second-order valence-corrected chi connectivity index (χ2v) is 3.05. The Bertz CT molecular complexity index is 312. The quantitative estimate of drug-likeness (QED) is 0.543. The highest BCUT2D eigenvalue weighted by molar-refractivity contribution is 7.78. The number of aliphatic imine (C=N–C) groups is 1. The average Bonchev–Trinajstić information content (AvgIpc) is 2.08. The number of benzene rings is 1. The van der Waals surface area contributed by atoms with Crippen LogP contribution in [0.2, 0.25) is 0 Å². The van der Waals surface area contributed by atoms with E-state index in [-0.39, 0.29) is 6.10 Å². The standard InChI is InChI=1S/C10H11NOS/c1-8(2)12-10-5-3-9(4-6-10)11-7-13/h3-6,8H,1-2H3. The minimum atomic E-state index is 0.194. The lowest BCUT2D eigenvalue weighted by molar-refractivity contribution is 0.242. The Labute approximate surface area is 83.3 Å². The average molecular weight is 193 g/mol. The van der Waals surface area contributed by atoms with Crippen molar-refractivity contribution in [3.05, 3.63) is 24.3 Å². The molecule has 0 saturated carbocycles. The van der Waals surface area contributed by atoms with Gasteiger partial charge >= 0.3 is 0 Å². The molecule has 0 saturated heterocycles. The highest BCUT2D eigenvalue weighted by Crippen LogP contribution is 2.18. The highest BCUT2D eigenvalue weighted by atomic mass is 32.1. The van der Waals surface area contributed by atoms with E-state index in [1.54, 1.807) is 0 Å². The van der Waals surface area contributed by atoms with Crippen molar-refractivity contribution in [2.45, 2.75) is 20.0 Å². The molecule has 0 fully saturated rings. The van der Waals surface area contributed by atoms with Crippen molar-refractivity contribution in [1.82, 2.24) is 0 Å². The van der Waals surface area contributed by atoms with Gasteiger partial charge in [0.1, 0.15) is 5.75 Å². The first-order valence-corrected chi connectivity index (χ1v) is 4.48. The van der Waals surface area contributed by atoms with E-state index in [1.165, 1.54) is 0 Å². The van der Waals surface area contributed by atoms with Crippen molar-refractivity contribution >= 4 is 23.1 Å². The van der Waals surface area contributed by atoms with Gasteiger partial charge in [-0.3, -0.25) is 0 Å². The summed E-state index contributed by atoms with van der Waals surface area (Å²) in [5.74, 6) is 0.846. The second kappa shape index (κ2) is 4.75. The third kappa shape index (κ3) is 3.36. The number of nitrogens with zero attached hydrogens (tertiary/aromatic N) is 1. The zero-order chi connectivity index (χ0) is 9.68. The zero-order valence-corrected chi connectivity index (χ0v) is 8.47. The van der Waals surface area contributed by atoms with E-state index in [1.807, 2.05) is 38.1 Å². The largest absolute Gasteiger partial charge is 0.491 e. The van der Waals surface area contributed by atoms with E-state index in [4.69, 9.17) is 4.74 Å². The third-order valence-corrected chi connectivity index (χ3v) is 1.47. The Balaban J connectivity index is 2.75. The van der Waals surface area contributed by atoms with Gasteiger partial charge in [-0.2, -0.15) is 4.99 Å². The van der Waals surface area contributed by atoms with Crippen LogP contribution < -0.4 is 4.74 Å². The van der Waals surface area contributed by atoms with E-state index in [9.17, 15) is 0 Å². The summed E-state index contributed by atoms with van der Waals surface area (Å²) in [6.07, 6.45) is 0.194. The van der Waals surface area contributed by atoms with Gasteiger partial charge in [0.25, 0.3) is 0 Å². The fraction of sp³-hybridized carbons (Fsp3) is 0.300. The molecular formula is C10H11NOS. The van der Waals surface area contributed by atoms with Crippen molar-refractivity contribution < 1.29 is 4.74 Å². The van der Waals surface area contributed by atoms with E-state index in [0.29, 0.717) is 0 Å². The monoisotopic (exact) mass is 193 g/mol. The summed E-state index contributed by atoms with van der Waals surface area (Å²) in [6, 6.07) is 7.42. The maximum absolute atomic E-state index is 5.46. The van der Waals surface area contributed by atoms with Crippen LogP contribution in [0.1, 0.15) is 13.8 Å². The number of isothiocyanates is 1. The molecule has 1 rings (SSSR count). The van der Waals surface area contributed by atoms with Gasteiger partial charge in [-0.15, -0.1) is 0 Å². The van der Waals surface area contributed by atoms with Crippen LogP contribution in [0.15, 0.2) is 29.3 Å². The molecule has 0 unspecified atom stereocenters. The zero-order valence-electron chi connectivity index (χ0n) is 7.65. The Hall–Kier alpha value is -1.18. The molecule has 0 N–H and O–H groups in total. The summed E-state index contributed by atoms with van der Waals surface area (Å²) in [4.78, 5) is 3.84. The van der Waals surface area contributed by atoms with Crippen molar-refractivity contribution in [3.63, 3.8) is 0 Å². The van der Waals surface area contributed by atoms with Gasteiger partial charge in [0.15, 0.2) is 0 Å². The predicted molar refractivity (Wildman–Crippen MR) is 56.9 cm³/mol. The Kier molecular flexibility index (Phi) is 3.62. The molecule has 0 amide bonds. The molecule has 0 spiro atoms. The molecule has 0 radical (unpaired) electrons. The van der Waals surface area contributed by atoms with Crippen LogP contribution in [0.3, 0.4) is 0 Å². The van der Waals surface area contributed by atoms with Crippen LogP contribution in [-0.4, -0.2) is 11.3 Å². The van der Waals surface area contributed by atoms with Crippen molar-refractivity contribution in [2.75, 3.05) is 0 Å². The van der Waals surface area contributed by atoms with Crippen LogP contribution >= 0.6 is 12.2 Å². The molecule has 0 bridgehead atoms. The molecule has 0 aliphatic heterocycles. The summed E-state index contributed by atoms with van der Waals surface area (Å²) < 4.78 is 5.46. The first-order chi connectivity index (χ1) is 6.22. The fourth-order valence-corrected chi connectivity index (χ4v) is 1.03. The van der Waals surface area contributed by atoms with Crippen molar-refractivity contribution in [1.29, 1.82) is 0 Å². The maximum atomic E-state index is 5.46. The molecule has 0 aromatic heterocycles.